The van der Waals surface area contributed by atoms with Crippen LogP contribution in [0, 0.1) is 0 Å². The smallest absolute Gasteiger partial charge is 0.313 e. The van der Waals surface area contributed by atoms with Gasteiger partial charge in [0.1, 0.15) is 0 Å². The summed E-state index contributed by atoms with van der Waals surface area (Å²) in [5, 5.41) is 3.00. The largest absolute Gasteiger partial charge is 0.469 e. The first-order chi connectivity index (χ1) is 10.2. The number of amides is 1. The lowest BCUT2D eigenvalue weighted by atomic mass is 9.90. The zero-order chi connectivity index (χ0) is 14.8. The normalized spacial score (nSPS) is 20.6. The van der Waals surface area contributed by atoms with Crippen LogP contribution in [0.25, 0.3) is 0 Å². The lowest BCUT2D eigenvalue weighted by Crippen LogP contribution is -2.42. The molecule has 1 aromatic rings. The number of methoxy groups -OCH3 is 1. The van der Waals surface area contributed by atoms with Crippen LogP contribution in [-0.4, -0.2) is 38.1 Å². The number of para-hydroxylation sites is 1. The van der Waals surface area contributed by atoms with Gasteiger partial charge in [0.25, 0.3) is 0 Å². The molecule has 0 aromatic heterocycles. The summed E-state index contributed by atoms with van der Waals surface area (Å²) in [6, 6.07) is 8.14. The first kappa shape index (κ1) is 13.9. The third kappa shape index (κ3) is 3.01. The highest BCUT2D eigenvalue weighted by Gasteiger charge is 2.32. The van der Waals surface area contributed by atoms with Gasteiger partial charge in [0, 0.05) is 18.3 Å². The van der Waals surface area contributed by atoms with Gasteiger partial charge in [-0.2, -0.15) is 0 Å². The van der Waals surface area contributed by atoms with E-state index in [9.17, 15) is 9.59 Å². The number of nitrogens with one attached hydrogen (secondary N) is 1. The van der Waals surface area contributed by atoms with E-state index in [4.69, 9.17) is 4.74 Å². The van der Waals surface area contributed by atoms with E-state index in [1.54, 1.807) is 0 Å². The van der Waals surface area contributed by atoms with Crippen molar-refractivity contribution >= 4 is 17.6 Å². The molecular weight excluding hydrogens is 268 g/mol. The fourth-order valence-electron chi connectivity index (χ4n) is 2.86. The molecule has 0 bridgehead atoms. The van der Waals surface area contributed by atoms with Gasteiger partial charge in [-0.05, 0) is 30.9 Å². The standard InChI is InChI=1S/C16H20N2O3/c1-21-16(20)13-8-9-18(10-15(19)17-11-6-7-11)14-5-3-2-4-12(13)14/h2-5,11,13H,6-10H2,1H3,(H,17,19)/t13-/m0/s1. The van der Waals surface area contributed by atoms with Crippen LogP contribution < -0.4 is 10.2 Å². The van der Waals surface area contributed by atoms with Crippen LogP contribution >= 0.6 is 0 Å². The van der Waals surface area contributed by atoms with E-state index in [0.717, 1.165) is 24.1 Å². The summed E-state index contributed by atoms with van der Waals surface area (Å²) in [6.45, 7) is 1.04. The second-order valence-electron chi connectivity index (χ2n) is 5.69. The maximum atomic E-state index is 12.0. The van der Waals surface area contributed by atoms with Crippen molar-refractivity contribution in [1.29, 1.82) is 0 Å². The molecule has 0 spiro atoms. The van der Waals surface area contributed by atoms with Crippen LogP contribution in [0.3, 0.4) is 0 Å². The fourth-order valence-corrected chi connectivity index (χ4v) is 2.86. The summed E-state index contributed by atoms with van der Waals surface area (Å²) in [6.07, 6.45) is 2.86. The minimum atomic E-state index is -0.228. The van der Waals surface area contributed by atoms with Gasteiger partial charge in [0.05, 0.1) is 19.6 Å². The number of anilines is 1. The summed E-state index contributed by atoms with van der Waals surface area (Å²) < 4.78 is 4.89. The number of fused-ring (bicyclic) bond motifs is 1. The van der Waals surface area contributed by atoms with Gasteiger partial charge in [0.2, 0.25) is 5.91 Å². The number of carbonyl (C=O) groups excluding carboxylic acids is 2. The molecule has 1 aliphatic carbocycles. The fraction of sp³-hybridized carbons (Fsp3) is 0.500. The maximum Gasteiger partial charge on any atom is 0.313 e. The Kier molecular flexibility index (Phi) is 3.82. The quantitative estimate of drug-likeness (QED) is 0.852. The van der Waals surface area contributed by atoms with Crippen LogP contribution in [0.5, 0.6) is 0 Å². The van der Waals surface area contributed by atoms with E-state index in [0.29, 0.717) is 25.6 Å². The number of ether oxygens (including phenoxy) is 1. The molecule has 1 aromatic carbocycles. The summed E-state index contributed by atoms with van der Waals surface area (Å²) in [5.41, 5.74) is 1.92. The Labute approximate surface area is 124 Å². The van der Waals surface area contributed by atoms with Crippen LogP contribution in [0.2, 0.25) is 0 Å². The molecule has 1 N–H and O–H groups in total. The SMILES string of the molecule is COC(=O)[C@H]1CCN(CC(=O)NC2CC2)c2ccccc21. The molecule has 1 heterocycles. The van der Waals surface area contributed by atoms with Crippen LogP contribution in [0.4, 0.5) is 5.69 Å². The highest BCUT2D eigenvalue weighted by molar-refractivity contribution is 5.85. The van der Waals surface area contributed by atoms with Crippen molar-refractivity contribution in [3.8, 4) is 0 Å². The van der Waals surface area contributed by atoms with Gasteiger partial charge in [-0.15, -0.1) is 0 Å². The first-order valence-electron chi connectivity index (χ1n) is 7.40. The van der Waals surface area contributed by atoms with Crippen LogP contribution in [-0.2, 0) is 14.3 Å². The van der Waals surface area contributed by atoms with Gasteiger partial charge in [-0.3, -0.25) is 9.59 Å². The summed E-state index contributed by atoms with van der Waals surface area (Å²) >= 11 is 0. The molecule has 5 nitrogen and oxygen atoms in total. The van der Waals surface area contributed by atoms with Crippen molar-refractivity contribution in [3.63, 3.8) is 0 Å². The molecule has 1 saturated carbocycles. The molecule has 1 atom stereocenters. The predicted octanol–water partition coefficient (Wildman–Crippen LogP) is 1.43. The predicted molar refractivity (Wildman–Crippen MR) is 79.2 cm³/mol. The number of nitrogens with zero attached hydrogens (tertiary/aromatic N) is 1. The maximum absolute atomic E-state index is 12.0. The van der Waals surface area contributed by atoms with Gasteiger partial charge >= 0.3 is 5.97 Å². The molecule has 1 fully saturated rings. The molecule has 1 aliphatic heterocycles. The van der Waals surface area contributed by atoms with Crippen molar-refractivity contribution in [2.45, 2.75) is 31.2 Å². The lowest BCUT2D eigenvalue weighted by molar-refractivity contribution is -0.142. The van der Waals surface area contributed by atoms with Crippen LogP contribution in [0.15, 0.2) is 24.3 Å². The summed E-state index contributed by atoms with van der Waals surface area (Å²) in [7, 11) is 1.42. The Bertz CT molecular complexity index is 554. The Hall–Kier alpha value is -2.04. The third-order valence-electron chi connectivity index (χ3n) is 4.10. The molecule has 112 valence electrons. The molecule has 1 amide bonds. The Morgan fingerprint density at radius 1 is 1.29 bits per heavy atom. The van der Waals surface area contributed by atoms with Gasteiger partial charge in [0.15, 0.2) is 0 Å². The zero-order valence-corrected chi connectivity index (χ0v) is 12.2. The zero-order valence-electron chi connectivity index (χ0n) is 12.2. The van der Waals surface area contributed by atoms with Gasteiger partial charge in [-0.1, -0.05) is 18.2 Å². The molecule has 5 heteroatoms. The minimum absolute atomic E-state index is 0.0591. The first-order valence-corrected chi connectivity index (χ1v) is 7.40. The van der Waals surface area contributed by atoms with Crippen molar-refractivity contribution in [1.82, 2.24) is 5.32 Å². The van der Waals surface area contributed by atoms with Crippen molar-refractivity contribution in [2.75, 3.05) is 25.1 Å². The van der Waals surface area contributed by atoms with Crippen molar-refractivity contribution in [2.24, 2.45) is 0 Å². The monoisotopic (exact) mass is 288 g/mol. The number of esters is 1. The molecule has 2 aliphatic rings. The minimum Gasteiger partial charge on any atom is -0.469 e. The van der Waals surface area contributed by atoms with E-state index in [1.165, 1.54) is 7.11 Å². The topological polar surface area (TPSA) is 58.6 Å². The molecule has 0 saturated heterocycles. The third-order valence-corrected chi connectivity index (χ3v) is 4.10. The molecule has 0 radical (unpaired) electrons. The molecule has 3 rings (SSSR count). The Morgan fingerprint density at radius 3 is 2.76 bits per heavy atom. The van der Waals surface area contributed by atoms with E-state index in [1.807, 2.05) is 29.2 Å². The van der Waals surface area contributed by atoms with Gasteiger partial charge < -0.3 is 15.0 Å². The van der Waals surface area contributed by atoms with E-state index in [-0.39, 0.29) is 17.8 Å². The average molecular weight is 288 g/mol. The van der Waals surface area contributed by atoms with E-state index >= 15 is 0 Å². The lowest BCUT2D eigenvalue weighted by Gasteiger charge is -2.34. The van der Waals surface area contributed by atoms with E-state index < -0.39 is 0 Å². The Balaban J connectivity index is 1.77. The number of hydrogen-bond acceptors (Lipinski definition) is 4. The van der Waals surface area contributed by atoms with Crippen LogP contribution in [0.1, 0.15) is 30.7 Å². The number of benzene rings is 1. The average Bonchev–Trinajstić information content (AvgIpc) is 3.30. The second-order valence-corrected chi connectivity index (χ2v) is 5.69. The summed E-state index contributed by atoms with van der Waals surface area (Å²) in [5.74, 6) is -0.373. The van der Waals surface area contributed by atoms with E-state index in [2.05, 4.69) is 5.32 Å². The number of hydrogen-bond donors (Lipinski definition) is 1. The molecule has 0 unspecified atom stereocenters. The van der Waals surface area contributed by atoms with Crippen molar-refractivity contribution in [3.05, 3.63) is 29.8 Å². The number of carbonyl (C=O) groups is 2. The van der Waals surface area contributed by atoms with Crippen molar-refractivity contribution < 1.29 is 14.3 Å². The highest BCUT2D eigenvalue weighted by Crippen LogP contribution is 2.35. The number of rotatable bonds is 4. The summed E-state index contributed by atoms with van der Waals surface area (Å²) in [4.78, 5) is 25.9. The molecular formula is C16H20N2O3. The van der Waals surface area contributed by atoms with Gasteiger partial charge in [-0.25, -0.2) is 0 Å². The Morgan fingerprint density at radius 2 is 2.05 bits per heavy atom. The highest BCUT2D eigenvalue weighted by atomic mass is 16.5. The second kappa shape index (κ2) is 5.76. The molecule has 21 heavy (non-hydrogen) atoms.